The maximum Gasteiger partial charge on any atom is 0.272 e. The number of amides is 1. The number of pyridine rings is 1. The zero-order valence-electron chi connectivity index (χ0n) is 10.4. The van der Waals surface area contributed by atoms with Crippen LogP contribution < -0.4 is 5.43 Å². The van der Waals surface area contributed by atoms with E-state index in [1.165, 1.54) is 6.20 Å². The number of hydrogen-bond acceptors (Lipinski definition) is 4. The first-order chi connectivity index (χ1) is 9.25. The van der Waals surface area contributed by atoms with Crippen molar-refractivity contribution in [1.82, 2.24) is 10.4 Å². The van der Waals surface area contributed by atoms with E-state index in [-0.39, 0.29) is 5.91 Å². The Kier molecular flexibility index (Phi) is 4.23. The van der Waals surface area contributed by atoms with E-state index in [4.69, 9.17) is 4.42 Å². The van der Waals surface area contributed by atoms with Crippen molar-refractivity contribution in [1.29, 1.82) is 0 Å². The van der Waals surface area contributed by atoms with Crippen LogP contribution in [0.15, 0.2) is 58.5 Å². The van der Waals surface area contributed by atoms with Crippen molar-refractivity contribution < 1.29 is 9.21 Å². The van der Waals surface area contributed by atoms with Gasteiger partial charge in [-0.1, -0.05) is 0 Å². The van der Waals surface area contributed by atoms with Gasteiger partial charge in [-0.05, 0) is 43.3 Å². The quantitative estimate of drug-likeness (QED) is 0.674. The van der Waals surface area contributed by atoms with E-state index in [1.54, 1.807) is 49.7 Å². The van der Waals surface area contributed by atoms with Crippen LogP contribution in [0.1, 0.15) is 23.0 Å². The first kappa shape index (κ1) is 12.8. The minimum Gasteiger partial charge on any atom is -0.465 e. The summed E-state index contributed by atoms with van der Waals surface area (Å²) in [4.78, 5) is 15.5. The lowest BCUT2D eigenvalue weighted by Gasteiger charge is -1.99. The number of furan rings is 1. The summed E-state index contributed by atoms with van der Waals surface area (Å²) in [5.74, 6) is 0.437. The Morgan fingerprint density at radius 1 is 1.42 bits per heavy atom. The lowest BCUT2D eigenvalue weighted by molar-refractivity contribution is 0.0954. The monoisotopic (exact) mass is 255 g/mol. The van der Waals surface area contributed by atoms with Crippen LogP contribution in [0.2, 0.25) is 0 Å². The number of rotatable bonds is 4. The summed E-state index contributed by atoms with van der Waals surface area (Å²) in [6.07, 6.45) is 8.21. The summed E-state index contributed by atoms with van der Waals surface area (Å²) in [5.41, 5.74) is 3.58. The van der Waals surface area contributed by atoms with Crippen LogP contribution >= 0.6 is 0 Å². The highest BCUT2D eigenvalue weighted by atomic mass is 16.3. The van der Waals surface area contributed by atoms with Crippen LogP contribution in [-0.2, 0) is 0 Å². The smallest absolute Gasteiger partial charge is 0.272 e. The van der Waals surface area contributed by atoms with Crippen molar-refractivity contribution >= 4 is 17.7 Å². The summed E-state index contributed by atoms with van der Waals surface area (Å²) in [7, 11) is 0. The van der Waals surface area contributed by atoms with E-state index >= 15 is 0 Å². The molecule has 0 bridgehead atoms. The summed E-state index contributed by atoms with van der Waals surface area (Å²) < 4.78 is 5.14. The summed E-state index contributed by atoms with van der Waals surface area (Å²) >= 11 is 0. The van der Waals surface area contributed by atoms with Gasteiger partial charge < -0.3 is 4.42 Å². The van der Waals surface area contributed by atoms with Gasteiger partial charge in [-0.25, -0.2) is 5.43 Å². The van der Waals surface area contributed by atoms with Gasteiger partial charge in [0.15, 0.2) is 0 Å². The lowest BCUT2D eigenvalue weighted by Crippen LogP contribution is -2.18. The van der Waals surface area contributed by atoms with Crippen molar-refractivity contribution in [2.24, 2.45) is 5.10 Å². The molecule has 1 amide bonds. The highest BCUT2D eigenvalue weighted by Crippen LogP contribution is 2.02. The average molecular weight is 255 g/mol. The summed E-state index contributed by atoms with van der Waals surface area (Å²) in [6, 6.07) is 7.00. The minimum absolute atomic E-state index is 0.293. The highest BCUT2D eigenvalue weighted by Gasteiger charge is 2.02. The summed E-state index contributed by atoms with van der Waals surface area (Å²) in [5, 5.41) is 3.96. The molecule has 19 heavy (non-hydrogen) atoms. The number of carbonyl (C=O) groups is 1. The van der Waals surface area contributed by atoms with E-state index in [1.807, 2.05) is 6.07 Å². The highest BCUT2D eigenvalue weighted by molar-refractivity contribution is 5.98. The molecular formula is C14H13N3O2. The molecule has 2 rings (SSSR count). The van der Waals surface area contributed by atoms with Gasteiger partial charge in [-0.2, -0.15) is 5.10 Å². The molecule has 0 aliphatic heterocycles. The molecule has 0 unspecified atom stereocenters. The molecule has 0 saturated carbocycles. The molecule has 96 valence electrons. The average Bonchev–Trinajstić information content (AvgIpc) is 2.96. The third-order valence-corrected chi connectivity index (χ3v) is 2.29. The molecule has 0 aliphatic carbocycles. The number of carbonyl (C=O) groups excluding carboxylic acids is 1. The molecule has 0 radical (unpaired) electrons. The number of aromatic nitrogens is 1. The first-order valence-corrected chi connectivity index (χ1v) is 5.72. The fourth-order valence-electron chi connectivity index (χ4n) is 1.33. The molecular weight excluding hydrogens is 242 g/mol. The summed E-state index contributed by atoms with van der Waals surface area (Å²) in [6.45, 7) is 1.78. The molecule has 5 heteroatoms. The Morgan fingerprint density at radius 3 is 3.00 bits per heavy atom. The van der Waals surface area contributed by atoms with Gasteiger partial charge in [-0.3, -0.25) is 9.78 Å². The fraction of sp³-hybridized carbons (Fsp3) is 0.0714. The van der Waals surface area contributed by atoms with Gasteiger partial charge >= 0.3 is 0 Å². The molecule has 2 heterocycles. The van der Waals surface area contributed by atoms with Crippen LogP contribution in [0.25, 0.3) is 6.08 Å². The standard InChI is InChI=1S/C14H13N3O2/c1-11(6-7-13-5-3-9-19-13)16-17-14(18)12-4-2-8-15-10-12/h2-10H,1H3,(H,17,18)/b7-6-,16-11?. The van der Waals surface area contributed by atoms with Gasteiger partial charge in [0.05, 0.1) is 17.5 Å². The molecule has 0 fully saturated rings. The second-order valence-electron chi connectivity index (χ2n) is 3.78. The van der Waals surface area contributed by atoms with E-state index in [0.29, 0.717) is 11.3 Å². The Morgan fingerprint density at radius 2 is 2.32 bits per heavy atom. The van der Waals surface area contributed by atoms with E-state index in [2.05, 4.69) is 15.5 Å². The Bertz CT molecular complexity index is 586. The van der Waals surface area contributed by atoms with Gasteiger partial charge in [0.25, 0.3) is 5.91 Å². The van der Waals surface area contributed by atoms with Crippen molar-refractivity contribution in [2.75, 3.05) is 0 Å². The second-order valence-corrected chi connectivity index (χ2v) is 3.78. The van der Waals surface area contributed by atoms with Crippen molar-refractivity contribution in [3.05, 3.63) is 60.3 Å². The van der Waals surface area contributed by atoms with Crippen LogP contribution in [0.3, 0.4) is 0 Å². The normalized spacial score (nSPS) is 11.7. The molecule has 1 N–H and O–H groups in total. The maximum absolute atomic E-state index is 11.7. The van der Waals surface area contributed by atoms with Crippen LogP contribution in [0.4, 0.5) is 0 Å². The van der Waals surface area contributed by atoms with Crippen molar-refractivity contribution in [3.63, 3.8) is 0 Å². The Balaban J connectivity index is 1.93. The number of allylic oxidation sites excluding steroid dienone is 1. The molecule has 0 atom stereocenters. The van der Waals surface area contributed by atoms with Crippen LogP contribution in [-0.4, -0.2) is 16.6 Å². The third-order valence-electron chi connectivity index (χ3n) is 2.29. The predicted molar refractivity (Wildman–Crippen MR) is 72.6 cm³/mol. The van der Waals surface area contributed by atoms with E-state index < -0.39 is 0 Å². The topological polar surface area (TPSA) is 67.5 Å². The fourth-order valence-corrected chi connectivity index (χ4v) is 1.33. The zero-order chi connectivity index (χ0) is 13.5. The van der Waals surface area contributed by atoms with Gasteiger partial charge in [-0.15, -0.1) is 0 Å². The van der Waals surface area contributed by atoms with Crippen LogP contribution in [0.5, 0.6) is 0 Å². The maximum atomic E-state index is 11.7. The Labute approximate surface area is 110 Å². The SMILES string of the molecule is CC(/C=C\c1ccco1)=NNC(=O)c1cccnc1. The largest absolute Gasteiger partial charge is 0.465 e. The zero-order valence-corrected chi connectivity index (χ0v) is 10.4. The van der Waals surface area contributed by atoms with Gasteiger partial charge in [0.1, 0.15) is 5.76 Å². The molecule has 2 aromatic heterocycles. The van der Waals surface area contributed by atoms with Crippen LogP contribution in [0, 0.1) is 0 Å². The molecule has 0 aliphatic rings. The third kappa shape index (κ3) is 3.92. The molecule has 0 spiro atoms. The second kappa shape index (κ2) is 6.30. The lowest BCUT2D eigenvalue weighted by atomic mass is 10.3. The predicted octanol–water partition coefficient (Wildman–Crippen LogP) is 2.49. The first-order valence-electron chi connectivity index (χ1n) is 5.72. The minimum atomic E-state index is -0.293. The molecule has 0 saturated heterocycles. The van der Waals surface area contributed by atoms with Gasteiger partial charge in [0, 0.05) is 12.4 Å². The molecule has 2 aromatic rings. The number of nitrogens with one attached hydrogen (secondary N) is 1. The van der Waals surface area contributed by atoms with E-state index in [9.17, 15) is 4.79 Å². The van der Waals surface area contributed by atoms with E-state index in [0.717, 1.165) is 5.76 Å². The Hall–Kier alpha value is -2.69. The van der Waals surface area contributed by atoms with Crippen molar-refractivity contribution in [3.8, 4) is 0 Å². The number of nitrogens with zero attached hydrogens (tertiary/aromatic N) is 2. The number of hydrazone groups is 1. The molecule has 5 nitrogen and oxygen atoms in total. The van der Waals surface area contributed by atoms with Crippen molar-refractivity contribution in [2.45, 2.75) is 6.92 Å². The molecule has 0 aromatic carbocycles. The number of hydrogen-bond donors (Lipinski definition) is 1. The van der Waals surface area contributed by atoms with Gasteiger partial charge in [0.2, 0.25) is 0 Å².